The number of aromatic nitrogens is 4. The minimum Gasteiger partial charge on any atom is -0.463 e. The minimum atomic E-state index is -0.233. The van der Waals surface area contributed by atoms with Crippen molar-refractivity contribution in [1.82, 2.24) is 19.5 Å². The van der Waals surface area contributed by atoms with Crippen LogP contribution < -0.4 is 10.5 Å². The molecule has 0 saturated carbocycles. The maximum absolute atomic E-state index is 9.27. The van der Waals surface area contributed by atoms with E-state index in [1.54, 1.807) is 6.33 Å². The molecule has 3 N–H and O–H groups in total. The van der Waals surface area contributed by atoms with Gasteiger partial charge in [0.2, 0.25) is 0 Å². The van der Waals surface area contributed by atoms with E-state index < -0.39 is 0 Å². The third-order valence-electron chi connectivity index (χ3n) is 4.56. The third kappa shape index (κ3) is 3.83. The van der Waals surface area contributed by atoms with Crippen molar-refractivity contribution < 1.29 is 14.6 Å². The highest BCUT2D eigenvalue weighted by Gasteiger charge is 2.28. The molecule has 9 heteroatoms. The summed E-state index contributed by atoms with van der Waals surface area (Å²) in [5.74, 6) is 0.261. The summed E-state index contributed by atoms with van der Waals surface area (Å²) in [5, 5.41) is 9.97. The zero-order valence-corrected chi connectivity index (χ0v) is 15.3. The first-order valence-electron chi connectivity index (χ1n) is 8.77. The van der Waals surface area contributed by atoms with E-state index in [1.807, 2.05) is 28.8 Å². The molecule has 3 heterocycles. The zero-order chi connectivity index (χ0) is 18.8. The summed E-state index contributed by atoms with van der Waals surface area (Å²) < 4.78 is 13.3. The van der Waals surface area contributed by atoms with Crippen LogP contribution in [0.2, 0.25) is 5.02 Å². The molecule has 2 aromatic heterocycles. The van der Waals surface area contributed by atoms with E-state index in [2.05, 4.69) is 15.0 Å². The highest BCUT2D eigenvalue weighted by molar-refractivity contribution is 6.30. The average molecular weight is 390 g/mol. The quantitative estimate of drug-likeness (QED) is 0.666. The predicted octanol–water partition coefficient (Wildman–Crippen LogP) is 2.35. The number of ether oxygens (including phenoxy) is 2. The predicted molar refractivity (Wildman–Crippen MR) is 101 cm³/mol. The van der Waals surface area contributed by atoms with Gasteiger partial charge in [-0.15, -0.1) is 0 Å². The first kappa shape index (κ1) is 18.0. The van der Waals surface area contributed by atoms with E-state index in [1.165, 1.54) is 0 Å². The Hall–Kier alpha value is -2.42. The molecule has 0 amide bonds. The Morgan fingerprint density at radius 3 is 2.81 bits per heavy atom. The van der Waals surface area contributed by atoms with Crippen molar-refractivity contribution in [1.29, 1.82) is 0 Å². The molecular weight excluding hydrogens is 370 g/mol. The number of hydrogen-bond donors (Lipinski definition) is 2. The van der Waals surface area contributed by atoms with Gasteiger partial charge in [-0.1, -0.05) is 23.7 Å². The number of nitrogen functional groups attached to an aromatic ring is 1. The molecule has 27 heavy (non-hydrogen) atoms. The van der Waals surface area contributed by atoms with Crippen molar-refractivity contribution in [3.05, 3.63) is 41.2 Å². The number of benzene rings is 1. The first-order chi connectivity index (χ1) is 13.1. The number of halogens is 1. The highest BCUT2D eigenvalue weighted by Crippen LogP contribution is 2.31. The van der Waals surface area contributed by atoms with Crippen LogP contribution in [0.25, 0.3) is 11.2 Å². The van der Waals surface area contributed by atoms with Gasteiger partial charge in [-0.25, -0.2) is 4.98 Å². The second-order valence-corrected chi connectivity index (χ2v) is 6.85. The number of imidazole rings is 1. The van der Waals surface area contributed by atoms with Gasteiger partial charge in [0.05, 0.1) is 25.6 Å². The fraction of sp³-hybridized carbons (Fsp3) is 0.389. The van der Waals surface area contributed by atoms with Gasteiger partial charge in [0, 0.05) is 11.4 Å². The van der Waals surface area contributed by atoms with E-state index in [4.69, 9.17) is 26.8 Å². The number of aliphatic hydroxyl groups is 1. The van der Waals surface area contributed by atoms with Crippen LogP contribution in [0.5, 0.6) is 6.01 Å². The monoisotopic (exact) mass is 389 g/mol. The number of nitrogens with zero attached hydrogens (tertiary/aromatic N) is 4. The molecule has 8 nitrogen and oxygen atoms in total. The van der Waals surface area contributed by atoms with Gasteiger partial charge in [-0.05, 0) is 30.5 Å². The molecule has 1 saturated heterocycles. The standard InChI is InChI=1S/C18H20ClN5O3/c19-12-3-1-11(2-4-12)7-8-26-18-22-16(20)15-17(23-18)24(10-21-15)14-6-5-13(9-25)27-14/h1-4,10,13-14,25H,5-9H2,(H2,20,22,23)/t13-,14+/m0/s1. The molecule has 4 rings (SSSR count). The lowest BCUT2D eigenvalue weighted by Gasteiger charge is -2.14. The summed E-state index contributed by atoms with van der Waals surface area (Å²) in [6.45, 7) is 0.409. The van der Waals surface area contributed by atoms with E-state index in [9.17, 15) is 5.11 Å². The molecule has 1 aliphatic rings. The largest absolute Gasteiger partial charge is 0.463 e. The number of nitrogens with two attached hydrogens (primary N) is 1. The Morgan fingerprint density at radius 2 is 2.07 bits per heavy atom. The van der Waals surface area contributed by atoms with Crippen LogP contribution in [0.3, 0.4) is 0 Å². The number of aliphatic hydroxyl groups excluding tert-OH is 1. The van der Waals surface area contributed by atoms with Crippen LogP contribution in [0.15, 0.2) is 30.6 Å². The molecule has 2 atom stereocenters. The molecule has 1 aromatic carbocycles. The molecule has 1 aliphatic heterocycles. The number of anilines is 1. The zero-order valence-electron chi connectivity index (χ0n) is 14.6. The maximum atomic E-state index is 9.27. The molecule has 0 aliphatic carbocycles. The number of hydrogen-bond acceptors (Lipinski definition) is 7. The first-order valence-corrected chi connectivity index (χ1v) is 9.15. The summed E-state index contributed by atoms with van der Waals surface area (Å²) in [5.41, 5.74) is 8.20. The molecule has 0 unspecified atom stereocenters. The lowest BCUT2D eigenvalue weighted by molar-refractivity contribution is -0.0207. The van der Waals surface area contributed by atoms with Gasteiger partial charge in [0.15, 0.2) is 17.0 Å². The van der Waals surface area contributed by atoms with Crippen LogP contribution in [-0.2, 0) is 11.2 Å². The lowest BCUT2D eigenvalue weighted by atomic mass is 10.2. The summed E-state index contributed by atoms with van der Waals surface area (Å²) >= 11 is 5.89. The minimum absolute atomic E-state index is 0.000683. The van der Waals surface area contributed by atoms with Crippen LogP contribution in [0, 0.1) is 0 Å². The molecule has 0 spiro atoms. The van der Waals surface area contributed by atoms with E-state index in [0.717, 1.165) is 18.4 Å². The Kier molecular flexibility index (Phi) is 5.11. The Labute approximate surface area is 160 Å². The van der Waals surface area contributed by atoms with Gasteiger partial charge < -0.3 is 20.3 Å². The average Bonchev–Trinajstić information content (AvgIpc) is 3.30. The topological polar surface area (TPSA) is 108 Å². The molecule has 0 radical (unpaired) electrons. The molecule has 1 fully saturated rings. The number of fused-ring (bicyclic) bond motifs is 1. The molecule has 3 aromatic rings. The molecule has 142 valence electrons. The van der Waals surface area contributed by atoms with Gasteiger partial charge in [0.1, 0.15) is 6.23 Å². The van der Waals surface area contributed by atoms with Gasteiger partial charge >= 0.3 is 6.01 Å². The summed E-state index contributed by atoms with van der Waals surface area (Å²) in [7, 11) is 0. The van der Waals surface area contributed by atoms with Gasteiger partial charge in [0.25, 0.3) is 0 Å². The lowest BCUT2D eigenvalue weighted by Crippen LogP contribution is -2.14. The summed E-state index contributed by atoms with van der Waals surface area (Å²) in [4.78, 5) is 12.9. The SMILES string of the molecule is Nc1nc(OCCc2ccc(Cl)cc2)nc2c1ncn2[C@H]1CC[C@@H](CO)O1. The van der Waals surface area contributed by atoms with Crippen LogP contribution in [-0.4, -0.2) is 43.9 Å². The van der Waals surface area contributed by atoms with Crippen molar-refractivity contribution in [3.63, 3.8) is 0 Å². The Bertz CT molecular complexity index is 931. The van der Waals surface area contributed by atoms with Crippen LogP contribution in [0.1, 0.15) is 24.6 Å². The Morgan fingerprint density at radius 1 is 1.26 bits per heavy atom. The maximum Gasteiger partial charge on any atom is 0.320 e. The van der Waals surface area contributed by atoms with Crippen molar-refractivity contribution in [3.8, 4) is 6.01 Å². The highest BCUT2D eigenvalue weighted by atomic mass is 35.5. The van der Waals surface area contributed by atoms with Gasteiger partial charge in [-0.2, -0.15) is 9.97 Å². The van der Waals surface area contributed by atoms with Crippen molar-refractivity contribution >= 4 is 28.6 Å². The van der Waals surface area contributed by atoms with Crippen molar-refractivity contribution in [2.24, 2.45) is 0 Å². The van der Waals surface area contributed by atoms with E-state index in [-0.39, 0.29) is 30.8 Å². The normalized spacial score (nSPS) is 19.6. The Balaban J connectivity index is 1.50. The van der Waals surface area contributed by atoms with Crippen LogP contribution >= 0.6 is 11.6 Å². The second-order valence-electron chi connectivity index (χ2n) is 6.41. The van der Waals surface area contributed by atoms with E-state index in [0.29, 0.717) is 29.2 Å². The molecule has 0 bridgehead atoms. The van der Waals surface area contributed by atoms with Crippen molar-refractivity contribution in [2.45, 2.75) is 31.6 Å². The fourth-order valence-electron chi connectivity index (χ4n) is 3.13. The second kappa shape index (κ2) is 7.67. The van der Waals surface area contributed by atoms with Gasteiger partial charge in [-0.3, -0.25) is 4.57 Å². The summed E-state index contributed by atoms with van der Waals surface area (Å²) in [6.07, 6.45) is 3.49. The van der Waals surface area contributed by atoms with Crippen molar-refractivity contribution in [2.75, 3.05) is 18.9 Å². The number of rotatable bonds is 6. The van der Waals surface area contributed by atoms with E-state index >= 15 is 0 Å². The third-order valence-corrected chi connectivity index (χ3v) is 4.81. The summed E-state index contributed by atoms with van der Waals surface area (Å²) in [6, 6.07) is 7.80. The fourth-order valence-corrected chi connectivity index (χ4v) is 3.26. The van der Waals surface area contributed by atoms with Crippen LogP contribution in [0.4, 0.5) is 5.82 Å². The smallest absolute Gasteiger partial charge is 0.320 e. The molecular formula is C18H20ClN5O3.